The van der Waals surface area contributed by atoms with Gasteiger partial charge in [-0.05, 0) is 25.7 Å². The summed E-state index contributed by atoms with van der Waals surface area (Å²) in [6.45, 7) is 9.06. The lowest BCUT2D eigenvalue weighted by molar-refractivity contribution is -0.640. The first-order chi connectivity index (χ1) is 30.6. The molecule has 1 saturated heterocycles. The van der Waals surface area contributed by atoms with E-state index in [1.165, 1.54) is 25.7 Å². The van der Waals surface area contributed by atoms with E-state index in [1.807, 2.05) is 5.32 Å². The van der Waals surface area contributed by atoms with Crippen molar-refractivity contribution in [3.05, 3.63) is 0 Å². The molecule has 0 aromatic rings. The second kappa shape index (κ2) is 40.3. The topological polar surface area (TPSA) is 174 Å². The van der Waals surface area contributed by atoms with Gasteiger partial charge in [-0.2, -0.15) is 0 Å². The van der Waals surface area contributed by atoms with Gasteiger partial charge in [0, 0.05) is 37.5 Å². The number of hydrogen-bond donors (Lipinski definition) is 1. The van der Waals surface area contributed by atoms with E-state index < -0.39 is 36.0 Å². The summed E-state index contributed by atoms with van der Waals surface area (Å²) in [4.78, 5) is 77.0. The highest BCUT2D eigenvalue weighted by molar-refractivity contribution is 5.73. The molecule has 366 valence electrons. The molecule has 63 heavy (non-hydrogen) atoms. The van der Waals surface area contributed by atoms with Crippen molar-refractivity contribution in [2.45, 2.75) is 233 Å². The minimum absolute atomic E-state index is 0.0856. The molecule has 13 nitrogen and oxygen atoms in total. The van der Waals surface area contributed by atoms with Crippen LogP contribution in [0.5, 0.6) is 0 Å². The van der Waals surface area contributed by atoms with Crippen LogP contribution in [0.2, 0.25) is 0 Å². The Hall–Kier alpha value is -3.22. The first kappa shape index (κ1) is 57.8. The van der Waals surface area contributed by atoms with Gasteiger partial charge < -0.3 is 33.7 Å². The molecule has 2 atom stereocenters. The van der Waals surface area contributed by atoms with Crippen molar-refractivity contribution in [2.24, 2.45) is 11.8 Å². The molecule has 13 heteroatoms. The van der Waals surface area contributed by atoms with E-state index in [2.05, 4.69) is 27.7 Å². The van der Waals surface area contributed by atoms with Crippen LogP contribution < -0.4 is 5.32 Å². The van der Waals surface area contributed by atoms with Gasteiger partial charge in [0.2, 0.25) is 0 Å². The Labute approximate surface area is 381 Å². The molecule has 1 aliphatic heterocycles. The molecule has 0 amide bonds. The van der Waals surface area contributed by atoms with Crippen molar-refractivity contribution in [3.8, 4) is 0 Å². The monoisotopic (exact) mass is 897 g/mol. The van der Waals surface area contributed by atoms with Crippen LogP contribution in [0.1, 0.15) is 220 Å². The van der Waals surface area contributed by atoms with E-state index in [9.17, 15) is 28.8 Å². The molecule has 0 aliphatic carbocycles. The van der Waals surface area contributed by atoms with E-state index >= 15 is 0 Å². The fourth-order valence-corrected chi connectivity index (χ4v) is 7.54. The zero-order valence-corrected chi connectivity index (χ0v) is 40.2. The summed E-state index contributed by atoms with van der Waals surface area (Å²) in [5.74, 6) is -3.74. The summed E-state index contributed by atoms with van der Waals surface area (Å²) >= 11 is 0. The molecular weight excluding hydrogens is 807 g/mol. The molecular formula is C50H90NO12+. The third-order valence-electron chi connectivity index (χ3n) is 11.5. The van der Waals surface area contributed by atoms with Crippen molar-refractivity contribution >= 4 is 35.8 Å². The molecule has 0 aromatic carbocycles. The smallest absolute Gasteiger partial charge is 0.306 e. The number of nitrogens with two attached hydrogens (primary N) is 1. The summed E-state index contributed by atoms with van der Waals surface area (Å²) in [5.41, 5.74) is 0. The molecule has 1 heterocycles. The molecule has 1 fully saturated rings. The molecule has 2 N–H and O–H groups in total. The highest BCUT2D eigenvalue weighted by atomic mass is 16.6. The van der Waals surface area contributed by atoms with Gasteiger partial charge in [-0.3, -0.25) is 28.8 Å². The Morgan fingerprint density at radius 2 is 0.603 bits per heavy atom. The van der Waals surface area contributed by atoms with Gasteiger partial charge in [0.15, 0.2) is 12.2 Å². The van der Waals surface area contributed by atoms with Crippen LogP contribution in [0.25, 0.3) is 0 Å². The summed E-state index contributed by atoms with van der Waals surface area (Å²) < 4.78 is 33.8. The first-order valence-electron chi connectivity index (χ1n) is 25.4. The Kier molecular flexibility index (Phi) is 37.0. The number of rotatable bonds is 42. The molecule has 0 spiro atoms. The van der Waals surface area contributed by atoms with Crippen molar-refractivity contribution in [1.82, 2.24) is 0 Å². The fourth-order valence-electron chi connectivity index (χ4n) is 7.54. The van der Waals surface area contributed by atoms with E-state index in [-0.39, 0.29) is 88.8 Å². The summed E-state index contributed by atoms with van der Waals surface area (Å²) in [6.07, 6.45) is 24.3. The summed E-state index contributed by atoms with van der Waals surface area (Å²) in [6, 6.07) is 0. The molecule has 1 rings (SSSR count). The van der Waals surface area contributed by atoms with Crippen LogP contribution in [-0.4, -0.2) is 87.5 Å². The largest absolute Gasteiger partial charge is 0.465 e. The van der Waals surface area contributed by atoms with E-state index in [0.717, 1.165) is 128 Å². The zero-order valence-electron chi connectivity index (χ0n) is 40.2. The normalized spacial score (nSPS) is 14.8. The fraction of sp³-hybridized carbons (Fsp3) is 0.880. The number of esters is 6. The quantitative estimate of drug-likeness (QED) is 0.0350. The Balaban J connectivity index is 2.79. The second-order valence-electron chi connectivity index (χ2n) is 17.8. The Morgan fingerprint density at radius 3 is 0.857 bits per heavy atom. The lowest BCUT2D eigenvalue weighted by atomic mass is 10.1. The third-order valence-corrected chi connectivity index (χ3v) is 11.5. The van der Waals surface area contributed by atoms with Gasteiger partial charge in [-0.25, -0.2) is 0 Å². The van der Waals surface area contributed by atoms with Crippen molar-refractivity contribution < 1.29 is 62.5 Å². The maximum atomic E-state index is 13.3. The number of quaternary nitrogens is 1. The van der Waals surface area contributed by atoms with E-state index in [1.54, 1.807) is 0 Å². The van der Waals surface area contributed by atoms with Crippen LogP contribution in [0.3, 0.4) is 0 Å². The van der Waals surface area contributed by atoms with Gasteiger partial charge in [0.25, 0.3) is 0 Å². The molecule has 0 saturated carbocycles. The predicted octanol–water partition coefficient (Wildman–Crippen LogP) is 9.57. The van der Waals surface area contributed by atoms with Crippen LogP contribution in [0.15, 0.2) is 0 Å². The van der Waals surface area contributed by atoms with Crippen molar-refractivity contribution in [1.29, 1.82) is 0 Å². The minimum Gasteiger partial charge on any atom is -0.465 e. The third kappa shape index (κ3) is 33.9. The molecule has 0 bridgehead atoms. The SMILES string of the molecule is CCCCCCCCC(=O)OCC(COC(=O)CCCCCCCC)CC(=O)O[C@H]1C[NH2+]C[C@@H]1OC(=O)CC(COC(=O)CCCCCCCC)COC(=O)CCCCCCCC. The lowest BCUT2D eigenvalue weighted by Crippen LogP contribution is -2.82. The van der Waals surface area contributed by atoms with Crippen molar-refractivity contribution in [2.75, 3.05) is 39.5 Å². The van der Waals surface area contributed by atoms with E-state index in [0.29, 0.717) is 13.1 Å². The standard InChI is InChI=1S/C50H89NO12/c1-5-9-13-17-21-25-29-45(52)58-37-41(38-59-46(53)30-26-22-18-14-10-6-2)33-49(56)62-43-35-51-36-44(43)63-50(57)34-42(39-60-47(54)31-27-23-19-15-11-7-3)40-61-48(55)32-28-24-20-16-12-8-4/h41-44,51H,5-40H2,1-4H3/p+1/t43-,44-/m0/s1. The predicted molar refractivity (Wildman–Crippen MR) is 243 cm³/mol. The number of hydrogen-bond acceptors (Lipinski definition) is 12. The number of unbranched alkanes of at least 4 members (excludes halogenated alkanes) is 20. The molecule has 0 radical (unpaired) electrons. The average molecular weight is 897 g/mol. The van der Waals surface area contributed by atoms with Crippen molar-refractivity contribution in [3.63, 3.8) is 0 Å². The van der Waals surface area contributed by atoms with Gasteiger partial charge in [0.05, 0.1) is 39.3 Å². The highest BCUT2D eigenvalue weighted by Gasteiger charge is 2.38. The van der Waals surface area contributed by atoms with Gasteiger partial charge in [-0.1, -0.05) is 156 Å². The average Bonchev–Trinajstić information content (AvgIpc) is 3.69. The Morgan fingerprint density at radius 1 is 0.365 bits per heavy atom. The van der Waals surface area contributed by atoms with Gasteiger partial charge in [0.1, 0.15) is 13.1 Å². The van der Waals surface area contributed by atoms with Crippen LogP contribution in [0, 0.1) is 11.8 Å². The van der Waals surface area contributed by atoms with E-state index in [4.69, 9.17) is 28.4 Å². The number of ether oxygens (including phenoxy) is 6. The number of carbonyl (C=O) groups excluding carboxylic acids is 6. The zero-order chi connectivity index (χ0) is 46.2. The van der Waals surface area contributed by atoms with Gasteiger partial charge >= 0.3 is 35.8 Å². The Bertz CT molecular complexity index is 1060. The number of carbonyl (C=O) groups is 6. The lowest BCUT2D eigenvalue weighted by Gasteiger charge is -2.21. The van der Waals surface area contributed by atoms with Crippen LogP contribution in [0.4, 0.5) is 0 Å². The summed E-state index contributed by atoms with van der Waals surface area (Å²) in [5, 5.41) is 1.90. The van der Waals surface area contributed by atoms with Crippen LogP contribution >= 0.6 is 0 Å². The maximum Gasteiger partial charge on any atom is 0.306 e. The molecule has 1 aliphatic rings. The summed E-state index contributed by atoms with van der Waals surface area (Å²) in [7, 11) is 0. The highest BCUT2D eigenvalue weighted by Crippen LogP contribution is 2.17. The molecule has 0 aromatic heterocycles. The van der Waals surface area contributed by atoms with Crippen LogP contribution in [-0.2, 0) is 57.2 Å². The minimum atomic E-state index is -0.726. The first-order valence-corrected chi connectivity index (χ1v) is 25.4. The molecule has 0 unspecified atom stereocenters. The van der Waals surface area contributed by atoms with Gasteiger partial charge in [-0.15, -0.1) is 0 Å². The maximum absolute atomic E-state index is 13.3. The second-order valence-corrected chi connectivity index (χ2v) is 17.8.